The van der Waals surface area contributed by atoms with Crippen LogP contribution in [-0.4, -0.2) is 27.3 Å². The summed E-state index contributed by atoms with van der Waals surface area (Å²) in [4.78, 5) is 16.5. The lowest BCUT2D eigenvalue weighted by molar-refractivity contribution is -0.115. The third-order valence-electron chi connectivity index (χ3n) is 5.00. The van der Waals surface area contributed by atoms with Crippen molar-refractivity contribution in [2.45, 2.75) is 26.5 Å². The highest BCUT2D eigenvalue weighted by atomic mass is 79.9. The number of fused-ring (bicyclic) bond motifs is 1. The molecule has 0 aliphatic carbocycles. The zero-order valence-electron chi connectivity index (χ0n) is 17.4. The minimum absolute atomic E-state index is 0.335. The maximum atomic E-state index is 12.3. The van der Waals surface area contributed by atoms with Gasteiger partial charge < -0.3 is 20.5 Å². The quantitative estimate of drug-likeness (QED) is 0.479. The van der Waals surface area contributed by atoms with Gasteiger partial charge in [-0.25, -0.2) is 4.68 Å². The van der Waals surface area contributed by atoms with E-state index in [-0.39, 0.29) is 0 Å². The van der Waals surface area contributed by atoms with Crippen molar-refractivity contribution in [3.63, 3.8) is 0 Å². The number of halogens is 2. The maximum absolute atomic E-state index is 12.3. The lowest BCUT2D eigenvalue weighted by Crippen LogP contribution is -2.31. The number of benzene rings is 2. The highest BCUT2D eigenvalue weighted by Crippen LogP contribution is 2.42. The van der Waals surface area contributed by atoms with Gasteiger partial charge >= 0.3 is 0 Å². The number of allylic oxidation sites excluding steroid dienone is 1. The van der Waals surface area contributed by atoms with Gasteiger partial charge in [-0.1, -0.05) is 23.7 Å². The second-order valence-corrected chi connectivity index (χ2v) is 8.43. The van der Waals surface area contributed by atoms with Crippen molar-refractivity contribution in [2.24, 2.45) is 5.73 Å². The van der Waals surface area contributed by atoms with Gasteiger partial charge in [-0.05, 0) is 65.2 Å². The van der Waals surface area contributed by atoms with Crippen LogP contribution in [0.1, 0.15) is 31.0 Å². The van der Waals surface area contributed by atoms with Crippen LogP contribution >= 0.6 is 27.5 Å². The van der Waals surface area contributed by atoms with Crippen molar-refractivity contribution < 1.29 is 14.3 Å². The van der Waals surface area contributed by atoms with Gasteiger partial charge in [-0.3, -0.25) is 4.79 Å². The number of primary amides is 1. The van der Waals surface area contributed by atoms with Gasteiger partial charge in [0, 0.05) is 10.7 Å². The molecule has 0 bridgehead atoms. The van der Waals surface area contributed by atoms with Crippen molar-refractivity contribution in [1.82, 2.24) is 14.8 Å². The van der Waals surface area contributed by atoms with Gasteiger partial charge in [0.2, 0.25) is 11.9 Å². The number of hydrogen-bond donors (Lipinski definition) is 2. The van der Waals surface area contributed by atoms with E-state index in [4.69, 9.17) is 26.8 Å². The van der Waals surface area contributed by atoms with E-state index >= 15 is 0 Å². The molecule has 10 heteroatoms. The first kappa shape index (κ1) is 22.2. The highest BCUT2D eigenvalue weighted by Gasteiger charge is 2.33. The predicted octanol–water partition coefficient (Wildman–Crippen LogP) is 4.45. The minimum Gasteiger partial charge on any atom is -0.490 e. The summed E-state index contributed by atoms with van der Waals surface area (Å²) in [5.41, 5.74) is 8.46. The molecule has 1 aromatic heterocycles. The summed E-state index contributed by atoms with van der Waals surface area (Å²) in [6.45, 7) is 4.45. The van der Waals surface area contributed by atoms with E-state index in [0.29, 0.717) is 51.4 Å². The fraction of sp³-hybridized carbons (Fsp3) is 0.227. The van der Waals surface area contributed by atoms with Gasteiger partial charge in [-0.15, -0.1) is 0 Å². The molecule has 166 valence electrons. The fourth-order valence-corrected chi connectivity index (χ4v) is 4.30. The first-order valence-corrected chi connectivity index (χ1v) is 11.1. The number of nitrogens with one attached hydrogen (secondary N) is 1. The van der Waals surface area contributed by atoms with Gasteiger partial charge in [-0.2, -0.15) is 10.1 Å². The Morgan fingerprint density at radius 2 is 2.03 bits per heavy atom. The van der Waals surface area contributed by atoms with Crippen LogP contribution < -0.4 is 20.5 Å². The molecule has 0 fully saturated rings. The number of carbonyl (C=O) groups is 1. The normalized spacial score (nSPS) is 15.2. The number of aromatic nitrogens is 3. The van der Waals surface area contributed by atoms with Crippen molar-refractivity contribution >= 4 is 39.4 Å². The molecule has 2 aromatic carbocycles. The standard InChI is InChI=1S/C22H21BrClN5O3/c1-3-31-17-9-14(8-16(23)20(17)32-10-13-4-6-15(24)7-5-13)19-18(21(25)30)12(2)28-22-26-11-27-29(19)22/h4-9,11,19H,3,10H2,1-2H3,(H2,25,30)(H,26,27,28). The molecule has 2 heterocycles. The Morgan fingerprint density at radius 1 is 1.28 bits per heavy atom. The molecule has 1 aliphatic rings. The van der Waals surface area contributed by atoms with E-state index in [1.54, 1.807) is 11.6 Å². The van der Waals surface area contributed by atoms with E-state index in [9.17, 15) is 4.79 Å². The second-order valence-electron chi connectivity index (χ2n) is 7.14. The minimum atomic E-state index is -0.563. The average molecular weight is 519 g/mol. The van der Waals surface area contributed by atoms with E-state index in [2.05, 4.69) is 31.3 Å². The van der Waals surface area contributed by atoms with Crippen LogP contribution in [0.5, 0.6) is 11.5 Å². The molecule has 0 spiro atoms. The zero-order chi connectivity index (χ0) is 22.8. The molecular weight excluding hydrogens is 498 g/mol. The highest BCUT2D eigenvalue weighted by molar-refractivity contribution is 9.10. The molecule has 1 unspecified atom stereocenters. The van der Waals surface area contributed by atoms with Crippen LogP contribution in [0.4, 0.5) is 5.95 Å². The molecule has 0 radical (unpaired) electrons. The Morgan fingerprint density at radius 3 is 2.72 bits per heavy atom. The topological polar surface area (TPSA) is 104 Å². The molecule has 3 aromatic rings. The Balaban J connectivity index is 1.74. The average Bonchev–Trinajstić information content (AvgIpc) is 3.21. The summed E-state index contributed by atoms with van der Waals surface area (Å²) < 4.78 is 14.3. The number of amides is 1. The summed E-state index contributed by atoms with van der Waals surface area (Å²) in [5.74, 6) is 1.07. The zero-order valence-corrected chi connectivity index (χ0v) is 19.8. The maximum Gasteiger partial charge on any atom is 0.248 e. The van der Waals surface area contributed by atoms with Crippen LogP contribution in [0.3, 0.4) is 0 Å². The Bertz CT molecular complexity index is 1190. The van der Waals surface area contributed by atoms with Gasteiger partial charge in [0.25, 0.3) is 0 Å². The number of carbonyl (C=O) groups excluding carboxylic acids is 1. The summed E-state index contributed by atoms with van der Waals surface area (Å²) in [6, 6.07) is 10.6. The Kier molecular flexibility index (Phi) is 6.38. The largest absolute Gasteiger partial charge is 0.490 e. The number of anilines is 1. The van der Waals surface area contributed by atoms with Crippen molar-refractivity contribution in [1.29, 1.82) is 0 Å². The van der Waals surface area contributed by atoms with E-state index in [0.717, 1.165) is 11.1 Å². The number of nitrogens with zero attached hydrogens (tertiary/aromatic N) is 3. The number of ether oxygens (including phenoxy) is 2. The van der Waals surface area contributed by atoms with Crippen molar-refractivity contribution in [3.8, 4) is 11.5 Å². The monoisotopic (exact) mass is 517 g/mol. The summed E-state index contributed by atoms with van der Waals surface area (Å²) in [7, 11) is 0. The Labute approximate surface area is 198 Å². The second kappa shape index (κ2) is 9.22. The van der Waals surface area contributed by atoms with Gasteiger partial charge in [0.05, 0.1) is 16.7 Å². The first-order valence-electron chi connectivity index (χ1n) is 9.89. The molecule has 3 N–H and O–H groups in total. The summed E-state index contributed by atoms with van der Waals surface area (Å²) in [5, 5.41) is 8.03. The predicted molar refractivity (Wildman–Crippen MR) is 125 cm³/mol. The number of nitrogens with two attached hydrogens (primary N) is 1. The molecule has 4 rings (SSSR count). The molecule has 32 heavy (non-hydrogen) atoms. The number of rotatable bonds is 7. The molecule has 1 amide bonds. The first-order chi connectivity index (χ1) is 15.4. The van der Waals surface area contributed by atoms with Crippen molar-refractivity contribution in [3.05, 3.63) is 74.6 Å². The third-order valence-corrected chi connectivity index (χ3v) is 5.84. The smallest absolute Gasteiger partial charge is 0.248 e. The molecular formula is C22H21BrClN5O3. The molecule has 0 saturated heterocycles. The molecule has 1 aliphatic heterocycles. The van der Waals surface area contributed by atoms with E-state index in [1.165, 1.54) is 6.33 Å². The molecule has 1 atom stereocenters. The molecule has 0 saturated carbocycles. The lowest BCUT2D eigenvalue weighted by atomic mass is 9.95. The van der Waals surface area contributed by atoms with Gasteiger partial charge in [0.15, 0.2) is 11.5 Å². The summed E-state index contributed by atoms with van der Waals surface area (Å²) in [6.07, 6.45) is 1.43. The fourth-order valence-electron chi connectivity index (χ4n) is 3.60. The summed E-state index contributed by atoms with van der Waals surface area (Å²) >= 11 is 9.57. The van der Waals surface area contributed by atoms with Crippen LogP contribution in [-0.2, 0) is 11.4 Å². The lowest BCUT2D eigenvalue weighted by Gasteiger charge is -2.28. The van der Waals surface area contributed by atoms with Crippen molar-refractivity contribution in [2.75, 3.05) is 11.9 Å². The third kappa shape index (κ3) is 4.31. The van der Waals surface area contributed by atoms with Crippen LogP contribution in [0.25, 0.3) is 0 Å². The van der Waals surface area contributed by atoms with Crippen LogP contribution in [0.15, 0.2) is 58.5 Å². The Hall–Kier alpha value is -3.04. The van der Waals surface area contributed by atoms with E-state index < -0.39 is 11.9 Å². The molecule has 8 nitrogen and oxygen atoms in total. The van der Waals surface area contributed by atoms with E-state index in [1.807, 2.05) is 43.3 Å². The number of hydrogen-bond acceptors (Lipinski definition) is 6. The SMILES string of the molecule is CCOc1cc(C2C(C(N)=O)=C(C)Nc3ncnn32)cc(Br)c1OCc1ccc(Cl)cc1. The van der Waals surface area contributed by atoms with Crippen LogP contribution in [0, 0.1) is 0 Å². The van der Waals surface area contributed by atoms with Crippen LogP contribution in [0.2, 0.25) is 5.02 Å². The van der Waals surface area contributed by atoms with Gasteiger partial charge in [0.1, 0.15) is 19.0 Å².